The molecule has 2 aromatic carbocycles. The molecule has 8 nitrogen and oxygen atoms in total. The number of aromatic nitrogens is 1. The Labute approximate surface area is 177 Å². The maximum Gasteiger partial charge on any atom is 0.419 e. The van der Waals surface area contributed by atoms with Crippen LogP contribution in [0.25, 0.3) is 22.2 Å². The summed E-state index contributed by atoms with van der Waals surface area (Å²) in [5, 5.41) is 15.6. The molecule has 3 aromatic rings. The van der Waals surface area contributed by atoms with E-state index in [0.29, 0.717) is 35.8 Å². The Balaban J connectivity index is 1.52. The van der Waals surface area contributed by atoms with Crippen LogP contribution in [0.2, 0.25) is 5.02 Å². The fourth-order valence-electron chi connectivity index (χ4n) is 3.42. The van der Waals surface area contributed by atoms with Crippen molar-refractivity contribution in [1.29, 1.82) is 5.26 Å². The molecule has 1 fully saturated rings. The predicted molar refractivity (Wildman–Crippen MR) is 111 cm³/mol. The Morgan fingerprint density at radius 3 is 2.93 bits per heavy atom. The summed E-state index contributed by atoms with van der Waals surface area (Å²) >= 11 is 6.51. The second-order valence-corrected chi connectivity index (χ2v) is 7.48. The molecule has 2 atom stereocenters. The number of hydrogen-bond acceptors (Lipinski definition) is 6. The molecule has 4 rings (SSSR count). The van der Waals surface area contributed by atoms with Gasteiger partial charge in [-0.2, -0.15) is 5.26 Å². The number of amides is 1. The average molecular weight is 427 g/mol. The molecule has 0 saturated carbocycles. The standard InChI is InChI=1S/C21H19ClN4O4/c1-26-17-8-13(3-5-18(17)30-21(26)28)15-4-2-12(7-16(15)22)6-14(9-23)25-20(27)19-10-24-11-29-19/h2-5,7-8,14,19,24H,6,10-11H2,1H3,(H,25,27)/t14-,19-/m0/s1. The molecule has 1 aliphatic heterocycles. The van der Waals surface area contributed by atoms with Crippen LogP contribution >= 0.6 is 11.6 Å². The smallest absolute Gasteiger partial charge is 0.408 e. The molecule has 1 aliphatic rings. The molecule has 1 aromatic heterocycles. The number of oxazole rings is 1. The molecule has 2 N–H and O–H groups in total. The van der Waals surface area contributed by atoms with Gasteiger partial charge in [0.2, 0.25) is 0 Å². The van der Waals surface area contributed by atoms with Gasteiger partial charge in [-0.25, -0.2) is 4.79 Å². The third-order valence-electron chi connectivity index (χ3n) is 5.06. The minimum Gasteiger partial charge on any atom is -0.408 e. The molecular weight excluding hydrogens is 408 g/mol. The highest BCUT2D eigenvalue weighted by atomic mass is 35.5. The third-order valence-corrected chi connectivity index (χ3v) is 5.37. The van der Waals surface area contributed by atoms with Gasteiger partial charge in [0.25, 0.3) is 5.91 Å². The van der Waals surface area contributed by atoms with E-state index < -0.39 is 17.9 Å². The molecule has 0 aliphatic carbocycles. The zero-order valence-corrected chi connectivity index (χ0v) is 16.9. The Kier molecular flexibility index (Phi) is 5.59. The number of carbonyl (C=O) groups excluding carboxylic acids is 1. The van der Waals surface area contributed by atoms with E-state index in [1.165, 1.54) is 4.57 Å². The summed E-state index contributed by atoms with van der Waals surface area (Å²) < 4.78 is 11.8. The fourth-order valence-corrected chi connectivity index (χ4v) is 3.73. The van der Waals surface area contributed by atoms with Crippen molar-refractivity contribution in [3.05, 3.63) is 57.5 Å². The van der Waals surface area contributed by atoms with Gasteiger partial charge in [-0.3, -0.25) is 14.7 Å². The van der Waals surface area contributed by atoms with Gasteiger partial charge >= 0.3 is 5.76 Å². The van der Waals surface area contributed by atoms with Crippen LogP contribution in [0.1, 0.15) is 5.56 Å². The van der Waals surface area contributed by atoms with Crippen molar-refractivity contribution in [3.63, 3.8) is 0 Å². The van der Waals surface area contributed by atoms with E-state index in [1.54, 1.807) is 19.2 Å². The van der Waals surface area contributed by atoms with Crippen molar-refractivity contribution in [2.75, 3.05) is 13.3 Å². The Bertz CT molecular complexity index is 1200. The minimum absolute atomic E-state index is 0.312. The number of ether oxygens (including phenoxy) is 1. The lowest BCUT2D eigenvalue weighted by molar-refractivity contribution is -0.129. The van der Waals surface area contributed by atoms with Gasteiger partial charge in [0.15, 0.2) is 5.58 Å². The molecular formula is C21H19ClN4O4. The molecule has 1 amide bonds. The third kappa shape index (κ3) is 3.96. The molecule has 30 heavy (non-hydrogen) atoms. The minimum atomic E-state index is -0.694. The molecule has 1 saturated heterocycles. The number of halogens is 1. The number of benzene rings is 2. The average Bonchev–Trinajstić information content (AvgIpc) is 3.36. The van der Waals surface area contributed by atoms with Crippen LogP contribution < -0.4 is 16.4 Å². The maximum absolute atomic E-state index is 12.2. The van der Waals surface area contributed by atoms with Gasteiger partial charge in [0, 0.05) is 30.6 Å². The lowest BCUT2D eigenvalue weighted by atomic mass is 10.0. The quantitative estimate of drug-likeness (QED) is 0.645. The summed E-state index contributed by atoms with van der Waals surface area (Å²) in [6, 6.07) is 12.3. The first-order valence-corrected chi connectivity index (χ1v) is 9.75. The first-order chi connectivity index (χ1) is 14.5. The van der Waals surface area contributed by atoms with Crippen molar-refractivity contribution < 1.29 is 13.9 Å². The monoisotopic (exact) mass is 426 g/mol. The van der Waals surface area contributed by atoms with Crippen molar-refractivity contribution in [3.8, 4) is 17.2 Å². The first kappa shape index (κ1) is 20.2. The number of aryl methyl sites for hydroxylation is 1. The van der Waals surface area contributed by atoms with Crippen LogP contribution in [0, 0.1) is 11.3 Å². The number of carbonyl (C=O) groups is 1. The number of rotatable bonds is 5. The molecule has 9 heteroatoms. The summed E-state index contributed by atoms with van der Waals surface area (Å²) in [6.45, 7) is 0.752. The Hall–Kier alpha value is -3.12. The van der Waals surface area contributed by atoms with E-state index in [1.807, 2.05) is 24.3 Å². The summed E-state index contributed by atoms with van der Waals surface area (Å²) in [6.07, 6.45) is -0.266. The first-order valence-electron chi connectivity index (χ1n) is 9.37. The van der Waals surface area contributed by atoms with Crippen LogP contribution in [-0.4, -0.2) is 35.9 Å². The summed E-state index contributed by atoms with van der Waals surface area (Å²) in [5.74, 6) is -0.736. The Morgan fingerprint density at radius 1 is 1.40 bits per heavy atom. The van der Waals surface area contributed by atoms with Gasteiger partial charge in [0.1, 0.15) is 12.1 Å². The fraction of sp³-hybridized carbons (Fsp3) is 0.286. The molecule has 0 unspecified atom stereocenters. The van der Waals surface area contributed by atoms with E-state index in [9.17, 15) is 14.9 Å². The van der Waals surface area contributed by atoms with Crippen molar-refractivity contribution in [1.82, 2.24) is 15.2 Å². The largest absolute Gasteiger partial charge is 0.419 e. The second kappa shape index (κ2) is 8.32. The van der Waals surface area contributed by atoms with Crippen LogP contribution in [-0.2, 0) is 23.0 Å². The highest BCUT2D eigenvalue weighted by molar-refractivity contribution is 6.33. The summed E-state index contributed by atoms with van der Waals surface area (Å²) in [5.41, 5.74) is 3.63. The van der Waals surface area contributed by atoms with Crippen LogP contribution in [0.4, 0.5) is 0 Å². The Morgan fingerprint density at radius 2 is 2.23 bits per heavy atom. The number of nitrogens with zero attached hydrogens (tertiary/aromatic N) is 2. The highest BCUT2D eigenvalue weighted by Gasteiger charge is 2.25. The van der Waals surface area contributed by atoms with E-state index in [0.717, 1.165) is 16.7 Å². The summed E-state index contributed by atoms with van der Waals surface area (Å²) in [4.78, 5) is 23.9. The van der Waals surface area contributed by atoms with Crippen LogP contribution in [0.3, 0.4) is 0 Å². The van der Waals surface area contributed by atoms with E-state index in [2.05, 4.69) is 16.7 Å². The lowest BCUT2D eigenvalue weighted by Crippen LogP contribution is -2.43. The van der Waals surface area contributed by atoms with Crippen molar-refractivity contribution >= 4 is 28.6 Å². The number of fused-ring (bicyclic) bond motifs is 1. The molecule has 154 valence electrons. The predicted octanol–water partition coefficient (Wildman–Crippen LogP) is 1.95. The topological polar surface area (TPSA) is 109 Å². The van der Waals surface area contributed by atoms with Gasteiger partial charge < -0.3 is 14.5 Å². The van der Waals surface area contributed by atoms with E-state index >= 15 is 0 Å². The van der Waals surface area contributed by atoms with Gasteiger partial charge in [-0.1, -0.05) is 29.8 Å². The zero-order valence-electron chi connectivity index (χ0n) is 16.1. The van der Waals surface area contributed by atoms with Gasteiger partial charge in [0.05, 0.1) is 18.3 Å². The van der Waals surface area contributed by atoms with Crippen LogP contribution in [0.5, 0.6) is 0 Å². The lowest BCUT2D eigenvalue weighted by Gasteiger charge is -2.15. The highest BCUT2D eigenvalue weighted by Crippen LogP contribution is 2.31. The molecule has 0 radical (unpaired) electrons. The second-order valence-electron chi connectivity index (χ2n) is 7.07. The number of hydrogen-bond donors (Lipinski definition) is 2. The molecule has 0 bridgehead atoms. The van der Waals surface area contributed by atoms with E-state index in [-0.39, 0.29) is 5.91 Å². The van der Waals surface area contributed by atoms with Crippen LogP contribution in [0.15, 0.2) is 45.6 Å². The van der Waals surface area contributed by atoms with E-state index in [4.69, 9.17) is 20.8 Å². The van der Waals surface area contributed by atoms with Gasteiger partial charge in [-0.05, 0) is 29.3 Å². The SMILES string of the molecule is Cn1c(=O)oc2ccc(-c3ccc(C[C@@H](C#N)NC(=O)[C@@H]4CNCO4)cc3Cl)cc21. The number of nitrogens with one attached hydrogen (secondary N) is 2. The summed E-state index contributed by atoms with van der Waals surface area (Å²) in [7, 11) is 1.64. The zero-order chi connectivity index (χ0) is 21.3. The van der Waals surface area contributed by atoms with Crippen molar-refractivity contribution in [2.45, 2.75) is 18.6 Å². The maximum atomic E-state index is 12.2. The number of nitriles is 1. The molecule has 2 heterocycles. The molecule has 0 spiro atoms. The normalized spacial score (nSPS) is 17.0. The van der Waals surface area contributed by atoms with Gasteiger partial charge in [-0.15, -0.1) is 0 Å². The van der Waals surface area contributed by atoms with Crippen molar-refractivity contribution in [2.24, 2.45) is 7.05 Å².